The molecule has 0 bridgehead atoms. The Morgan fingerprint density at radius 1 is 1.14 bits per heavy atom. The van der Waals surface area contributed by atoms with Gasteiger partial charge in [-0.15, -0.1) is 0 Å². The number of carbonyl (C=O) groups excluding carboxylic acids is 3. The lowest BCUT2D eigenvalue weighted by Crippen LogP contribution is -2.57. The van der Waals surface area contributed by atoms with E-state index in [0.29, 0.717) is 10.8 Å². The van der Waals surface area contributed by atoms with Crippen molar-refractivity contribution in [1.29, 1.82) is 0 Å². The molecular formula is C19H26FN3O11S. The van der Waals surface area contributed by atoms with Crippen molar-refractivity contribution in [2.45, 2.75) is 69.9 Å². The molecule has 0 aromatic carbocycles. The third kappa shape index (κ3) is 6.12. The van der Waals surface area contributed by atoms with Gasteiger partial charge in [-0.25, -0.2) is 13.2 Å². The molecule has 2 N–H and O–H groups in total. The van der Waals surface area contributed by atoms with Gasteiger partial charge in [-0.3, -0.25) is 28.7 Å². The Balaban J connectivity index is 2.70. The van der Waals surface area contributed by atoms with Crippen LogP contribution in [0, 0.1) is 5.82 Å². The number of hydrogen-bond acceptors (Lipinski definition) is 11. The van der Waals surface area contributed by atoms with Gasteiger partial charge < -0.3 is 18.9 Å². The highest BCUT2D eigenvalue weighted by molar-refractivity contribution is 7.90. The van der Waals surface area contributed by atoms with Crippen LogP contribution in [0.1, 0.15) is 40.8 Å². The number of halogens is 1. The van der Waals surface area contributed by atoms with Gasteiger partial charge in [0.2, 0.25) is 15.8 Å². The summed E-state index contributed by atoms with van der Waals surface area (Å²) in [6.07, 6.45) is -6.36. The Morgan fingerprint density at radius 2 is 1.69 bits per heavy atom. The van der Waals surface area contributed by atoms with Crippen molar-refractivity contribution >= 4 is 27.9 Å². The summed E-state index contributed by atoms with van der Waals surface area (Å²) in [6.45, 7) is 5.99. The highest BCUT2D eigenvalue weighted by Gasteiger charge is 2.56. The molecule has 0 amide bonds. The first-order valence-corrected chi connectivity index (χ1v) is 11.6. The Labute approximate surface area is 198 Å². The number of nitrogens with zero attached hydrogens (tertiary/aromatic N) is 1. The molecule has 1 fully saturated rings. The predicted molar refractivity (Wildman–Crippen MR) is 114 cm³/mol. The fourth-order valence-electron chi connectivity index (χ4n) is 3.17. The molecule has 2 rings (SSSR count). The van der Waals surface area contributed by atoms with E-state index in [9.17, 15) is 36.8 Å². The lowest BCUT2D eigenvalue weighted by atomic mass is 10.0. The summed E-state index contributed by atoms with van der Waals surface area (Å²) in [5.74, 6) is -4.45. The molecule has 1 aromatic heterocycles. The molecule has 1 saturated heterocycles. The predicted octanol–water partition coefficient (Wildman–Crippen LogP) is -1.30. The van der Waals surface area contributed by atoms with Gasteiger partial charge in [-0.1, -0.05) is 0 Å². The van der Waals surface area contributed by atoms with Crippen molar-refractivity contribution in [3.8, 4) is 0 Å². The van der Waals surface area contributed by atoms with Gasteiger partial charge in [-0.05, 0) is 20.8 Å². The second kappa shape index (κ2) is 10.2. The average Bonchev–Trinajstić information content (AvgIpc) is 3.04. The first kappa shape index (κ1) is 28.1. The minimum atomic E-state index is -4.24. The molecule has 2 heterocycles. The molecular weight excluding hydrogens is 497 g/mol. The lowest BCUT2D eigenvalue weighted by molar-refractivity contribution is -0.166. The highest BCUT2D eigenvalue weighted by Crippen LogP contribution is 2.35. The Hall–Kier alpha value is -3.11. The van der Waals surface area contributed by atoms with Crippen LogP contribution in [-0.2, 0) is 43.4 Å². The second-order valence-corrected chi connectivity index (χ2v) is 11.0. The lowest BCUT2D eigenvalue weighted by Gasteiger charge is -2.29. The van der Waals surface area contributed by atoms with E-state index in [2.05, 4.69) is 9.46 Å². The minimum absolute atomic E-state index is 0.460. The quantitative estimate of drug-likeness (QED) is 0.319. The summed E-state index contributed by atoms with van der Waals surface area (Å²) in [7, 11) is -3.28. The van der Waals surface area contributed by atoms with Gasteiger partial charge in [0.05, 0.1) is 18.1 Å². The number of aromatic amines is 1. The smallest absolute Gasteiger partial charge is 0.330 e. The van der Waals surface area contributed by atoms with E-state index in [-0.39, 0.29) is 0 Å². The average molecular weight is 523 g/mol. The summed E-state index contributed by atoms with van der Waals surface area (Å²) in [5, 5.41) is 0. The van der Waals surface area contributed by atoms with Crippen LogP contribution < -0.4 is 16.0 Å². The van der Waals surface area contributed by atoms with Crippen LogP contribution >= 0.6 is 0 Å². The Kier molecular flexibility index (Phi) is 8.24. The van der Waals surface area contributed by atoms with Crippen molar-refractivity contribution in [2.75, 3.05) is 7.11 Å². The maximum absolute atomic E-state index is 14.0. The Morgan fingerprint density at radius 3 is 2.17 bits per heavy atom. The van der Waals surface area contributed by atoms with Crippen molar-refractivity contribution in [3.63, 3.8) is 0 Å². The van der Waals surface area contributed by atoms with Gasteiger partial charge in [0, 0.05) is 13.8 Å². The molecule has 5 atom stereocenters. The second-order valence-electron chi connectivity index (χ2n) is 8.52. The zero-order chi connectivity index (χ0) is 26.9. The number of aromatic nitrogens is 2. The van der Waals surface area contributed by atoms with E-state index in [1.54, 1.807) is 4.98 Å². The minimum Gasteiger partial charge on any atom is -0.468 e. The number of methoxy groups -OCH3 is 1. The summed E-state index contributed by atoms with van der Waals surface area (Å²) in [5.41, 5.74) is -2.53. The van der Waals surface area contributed by atoms with Crippen LogP contribution in [0.5, 0.6) is 0 Å². The van der Waals surface area contributed by atoms with E-state index in [1.165, 1.54) is 20.8 Å². The van der Waals surface area contributed by atoms with Gasteiger partial charge in [0.1, 0.15) is 12.1 Å². The molecule has 0 unspecified atom stereocenters. The van der Waals surface area contributed by atoms with E-state index < -0.39 is 80.3 Å². The van der Waals surface area contributed by atoms with Crippen molar-refractivity contribution in [1.82, 2.24) is 14.3 Å². The standard InChI is InChI=1S/C19H26FN3O11S/c1-8(24)32-13-12(11(17(27)31-6)22-35(29,30)19(3,4)5)34-16(14(13)33-9(2)25)23-7-10(20)15(26)21-18(23)28/h7,11-14,16,22H,1-6H3,(H,21,26,28)/t11-,12+,13+,14+,16+/m0/s1. The molecule has 1 aromatic rings. The van der Waals surface area contributed by atoms with Crippen LogP contribution in [0.3, 0.4) is 0 Å². The number of rotatable bonds is 7. The van der Waals surface area contributed by atoms with Crippen LogP contribution in [0.2, 0.25) is 0 Å². The van der Waals surface area contributed by atoms with Crippen molar-refractivity contribution in [2.24, 2.45) is 0 Å². The zero-order valence-electron chi connectivity index (χ0n) is 19.7. The van der Waals surface area contributed by atoms with Gasteiger partial charge in [0.15, 0.2) is 18.4 Å². The molecule has 0 spiro atoms. The van der Waals surface area contributed by atoms with Crippen LogP contribution in [0.15, 0.2) is 15.8 Å². The van der Waals surface area contributed by atoms with E-state index in [0.717, 1.165) is 21.0 Å². The number of nitrogens with one attached hydrogen (secondary N) is 2. The number of esters is 3. The van der Waals surface area contributed by atoms with Gasteiger partial charge in [-0.2, -0.15) is 9.11 Å². The third-order valence-corrected chi connectivity index (χ3v) is 7.08. The van der Waals surface area contributed by atoms with E-state index in [1.807, 2.05) is 0 Å². The fourth-order valence-corrected chi connectivity index (χ4v) is 4.09. The van der Waals surface area contributed by atoms with Crippen molar-refractivity contribution < 1.29 is 46.1 Å². The molecule has 1 aliphatic rings. The fraction of sp³-hybridized carbons (Fsp3) is 0.632. The van der Waals surface area contributed by atoms with Gasteiger partial charge in [0.25, 0.3) is 5.56 Å². The van der Waals surface area contributed by atoms with Crippen LogP contribution in [0.4, 0.5) is 4.39 Å². The Bertz CT molecular complexity index is 1220. The van der Waals surface area contributed by atoms with Gasteiger partial charge >= 0.3 is 23.6 Å². The molecule has 0 saturated carbocycles. The first-order valence-electron chi connectivity index (χ1n) is 10.1. The number of H-pyrrole nitrogens is 1. The number of ether oxygens (including phenoxy) is 4. The molecule has 0 aliphatic carbocycles. The summed E-state index contributed by atoms with van der Waals surface area (Å²) in [6, 6.07) is -1.86. The summed E-state index contributed by atoms with van der Waals surface area (Å²) >= 11 is 0. The SMILES string of the molecule is COC(=O)[C@@H](NS(=O)(=O)C(C)(C)C)[C@H]1O[C@@H](n2cc(F)c(=O)[nH]c2=O)[C@H](OC(C)=O)[C@@H]1OC(C)=O. The molecule has 0 radical (unpaired) electrons. The van der Waals surface area contributed by atoms with Crippen molar-refractivity contribution in [3.05, 3.63) is 32.9 Å². The molecule has 16 heteroatoms. The molecule has 35 heavy (non-hydrogen) atoms. The maximum atomic E-state index is 14.0. The molecule has 1 aliphatic heterocycles. The van der Waals surface area contributed by atoms with Crippen LogP contribution in [-0.4, -0.2) is 72.1 Å². The zero-order valence-corrected chi connectivity index (χ0v) is 20.5. The first-order chi connectivity index (χ1) is 16.0. The van der Waals surface area contributed by atoms with E-state index in [4.69, 9.17) is 14.2 Å². The maximum Gasteiger partial charge on any atom is 0.330 e. The largest absolute Gasteiger partial charge is 0.468 e. The molecule has 196 valence electrons. The topological polar surface area (TPSA) is 189 Å². The number of hydrogen-bond donors (Lipinski definition) is 2. The highest BCUT2D eigenvalue weighted by atomic mass is 32.2. The normalized spacial score (nSPS) is 23.4. The number of carbonyl (C=O) groups is 3. The third-order valence-electron chi connectivity index (χ3n) is 4.90. The van der Waals surface area contributed by atoms with Crippen LogP contribution in [0.25, 0.3) is 0 Å². The summed E-state index contributed by atoms with van der Waals surface area (Å²) in [4.78, 5) is 61.8. The monoisotopic (exact) mass is 523 g/mol. The summed E-state index contributed by atoms with van der Waals surface area (Å²) < 4.78 is 61.5. The van der Waals surface area contributed by atoms with E-state index >= 15 is 0 Å². The molecule has 14 nitrogen and oxygen atoms in total. The number of sulfonamides is 1.